The average molecular weight is 411 g/mol. The topological polar surface area (TPSA) is 51.1 Å². The number of carbonyl (C=O) groups excluding carboxylic acids is 1. The van der Waals surface area contributed by atoms with Gasteiger partial charge in [0.2, 0.25) is 0 Å². The van der Waals surface area contributed by atoms with Gasteiger partial charge < -0.3 is 9.47 Å². The minimum Gasteiger partial charge on any atom is -0.494 e. The molecule has 0 aliphatic carbocycles. The molecule has 0 fully saturated rings. The Morgan fingerprint density at radius 3 is 2.93 bits per heavy atom. The Morgan fingerprint density at radius 2 is 2.14 bits per heavy atom. The first-order valence-electron chi connectivity index (χ1n) is 10.1. The standard InChI is InChI=1S/C23H26N2O3S/c1-3-27-21-12-18-11-16(2)28-22(18)13-19(21)14-29-15-23(26)25-10-9-20(24-25)17-7-5-4-6-8-17/h4-8,12-13,16H,3,9-11,14-15H2,1-2H3/t16-/m1/s1. The highest BCUT2D eigenvalue weighted by Gasteiger charge is 2.23. The fourth-order valence-corrected chi connectivity index (χ4v) is 4.55. The third-order valence-electron chi connectivity index (χ3n) is 5.06. The van der Waals surface area contributed by atoms with E-state index in [1.165, 1.54) is 5.56 Å². The molecule has 4 rings (SSSR count). The van der Waals surface area contributed by atoms with Crippen LogP contribution in [0.2, 0.25) is 0 Å². The summed E-state index contributed by atoms with van der Waals surface area (Å²) in [6.45, 7) is 5.34. The predicted molar refractivity (Wildman–Crippen MR) is 117 cm³/mol. The lowest BCUT2D eigenvalue weighted by Gasteiger charge is -2.14. The van der Waals surface area contributed by atoms with Crippen molar-refractivity contribution in [2.24, 2.45) is 5.10 Å². The number of benzene rings is 2. The van der Waals surface area contributed by atoms with Crippen LogP contribution in [0.3, 0.4) is 0 Å². The molecule has 0 radical (unpaired) electrons. The van der Waals surface area contributed by atoms with Gasteiger partial charge in [-0.2, -0.15) is 5.10 Å². The van der Waals surface area contributed by atoms with Gasteiger partial charge in [-0.15, -0.1) is 11.8 Å². The molecule has 0 unspecified atom stereocenters. The van der Waals surface area contributed by atoms with Gasteiger partial charge in [0.15, 0.2) is 0 Å². The number of fused-ring (bicyclic) bond motifs is 1. The maximum Gasteiger partial charge on any atom is 0.252 e. The Balaban J connectivity index is 1.36. The molecule has 2 aromatic carbocycles. The number of hydrogen-bond acceptors (Lipinski definition) is 5. The minimum atomic E-state index is 0.0462. The summed E-state index contributed by atoms with van der Waals surface area (Å²) >= 11 is 1.59. The molecule has 0 N–H and O–H groups in total. The van der Waals surface area contributed by atoms with Crippen LogP contribution in [0.1, 0.15) is 37.0 Å². The van der Waals surface area contributed by atoms with E-state index in [0.29, 0.717) is 24.7 Å². The van der Waals surface area contributed by atoms with Crippen molar-refractivity contribution in [2.75, 3.05) is 18.9 Å². The molecule has 0 bridgehead atoms. The van der Waals surface area contributed by atoms with Crippen molar-refractivity contribution in [3.8, 4) is 11.5 Å². The number of ether oxygens (including phenoxy) is 2. The molecular weight excluding hydrogens is 384 g/mol. The summed E-state index contributed by atoms with van der Waals surface area (Å²) in [7, 11) is 0. The zero-order chi connectivity index (χ0) is 20.2. The Hall–Kier alpha value is -2.47. The summed E-state index contributed by atoms with van der Waals surface area (Å²) in [5.74, 6) is 2.99. The quantitative estimate of drug-likeness (QED) is 0.684. The lowest BCUT2D eigenvalue weighted by molar-refractivity contribution is -0.127. The highest BCUT2D eigenvalue weighted by Crippen LogP contribution is 2.36. The Bertz CT molecular complexity index is 914. The first-order valence-corrected chi connectivity index (χ1v) is 11.3. The predicted octanol–water partition coefficient (Wildman–Crippen LogP) is 4.28. The van der Waals surface area contributed by atoms with Crippen LogP contribution in [0, 0.1) is 0 Å². The van der Waals surface area contributed by atoms with E-state index in [1.54, 1.807) is 16.8 Å². The van der Waals surface area contributed by atoms with Crippen molar-refractivity contribution in [1.29, 1.82) is 0 Å². The number of hydrogen-bond donors (Lipinski definition) is 0. The molecule has 0 saturated heterocycles. The highest BCUT2D eigenvalue weighted by atomic mass is 32.2. The summed E-state index contributed by atoms with van der Waals surface area (Å²) < 4.78 is 11.7. The van der Waals surface area contributed by atoms with Gasteiger partial charge in [-0.05, 0) is 31.5 Å². The zero-order valence-corrected chi connectivity index (χ0v) is 17.7. The van der Waals surface area contributed by atoms with Crippen LogP contribution >= 0.6 is 11.8 Å². The average Bonchev–Trinajstić information content (AvgIpc) is 3.35. The number of carbonyl (C=O) groups is 1. The SMILES string of the molecule is CCOc1cc2c(cc1CSCC(=O)N1CCC(c3ccccc3)=N1)O[C@H](C)C2. The van der Waals surface area contributed by atoms with Gasteiger partial charge in [0.05, 0.1) is 24.6 Å². The minimum absolute atomic E-state index is 0.0462. The number of rotatable bonds is 7. The summed E-state index contributed by atoms with van der Waals surface area (Å²) in [6, 6.07) is 14.2. The maximum atomic E-state index is 12.6. The van der Waals surface area contributed by atoms with Gasteiger partial charge >= 0.3 is 0 Å². The van der Waals surface area contributed by atoms with Crippen LogP contribution in [0.15, 0.2) is 47.6 Å². The normalized spacial score (nSPS) is 17.7. The second-order valence-electron chi connectivity index (χ2n) is 7.31. The van der Waals surface area contributed by atoms with Crippen LogP contribution in [0.5, 0.6) is 11.5 Å². The van der Waals surface area contributed by atoms with E-state index in [4.69, 9.17) is 9.47 Å². The summed E-state index contributed by atoms with van der Waals surface area (Å²) in [5, 5.41) is 6.13. The molecule has 0 spiro atoms. The fraction of sp³-hybridized carbons (Fsp3) is 0.391. The fourth-order valence-electron chi connectivity index (χ4n) is 3.68. The number of amides is 1. The van der Waals surface area contributed by atoms with Crippen molar-refractivity contribution >= 4 is 23.4 Å². The molecule has 1 atom stereocenters. The summed E-state index contributed by atoms with van der Waals surface area (Å²) in [6.07, 6.45) is 1.92. The molecule has 152 valence electrons. The maximum absolute atomic E-state index is 12.6. The van der Waals surface area contributed by atoms with Gasteiger partial charge in [-0.3, -0.25) is 4.79 Å². The van der Waals surface area contributed by atoms with Crippen LogP contribution in [-0.4, -0.2) is 41.6 Å². The van der Waals surface area contributed by atoms with Crippen LogP contribution in [-0.2, 0) is 17.0 Å². The summed E-state index contributed by atoms with van der Waals surface area (Å²) in [5.41, 5.74) is 4.34. The van der Waals surface area contributed by atoms with Crippen LogP contribution < -0.4 is 9.47 Å². The van der Waals surface area contributed by atoms with Crippen LogP contribution in [0.25, 0.3) is 0 Å². The third-order valence-corrected chi connectivity index (χ3v) is 6.03. The number of hydrazone groups is 1. The van der Waals surface area contributed by atoms with Gasteiger partial charge in [-0.1, -0.05) is 30.3 Å². The molecule has 2 heterocycles. The van der Waals surface area contributed by atoms with Crippen LogP contribution in [0.4, 0.5) is 0 Å². The largest absolute Gasteiger partial charge is 0.494 e. The Morgan fingerprint density at radius 1 is 1.31 bits per heavy atom. The zero-order valence-electron chi connectivity index (χ0n) is 16.9. The van der Waals surface area contributed by atoms with Crippen molar-refractivity contribution in [1.82, 2.24) is 5.01 Å². The highest BCUT2D eigenvalue weighted by molar-refractivity contribution is 7.99. The molecule has 0 aromatic heterocycles. The second kappa shape index (κ2) is 8.91. The monoisotopic (exact) mass is 410 g/mol. The van der Waals surface area contributed by atoms with Crippen molar-refractivity contribution in [2.45, 2.75) is 38.5 Å². The summed E-state index contributed by atoms with van der Waals surface area (Å²) in [4.78, 5) is 12.6. The van der Waals surface area contributed by atoms with E-state index < -0.39 is 0 Å². The van der Waals surface area contributed by atoms with E-state index >= 15 is 0 Å². The molecular formula is C23H26N2O3S. The van der Waals surface area contributed by atoms with E-state index in [9.17, 15) is 4.79 Å². The van der Waals surface area contributed by atoms with Gasteiger partial charge in [0.1, 0.15) is 17.6 Å². The molecule has 2 aliphatic rings. The van der Waals surface area contributed by atoms with Gasteiger partial charge in [0, 0.05) is 29.7 Å². The van der Waals surface area contributed by atoms with Gasteiger partial charge in [0.25, 0.3) is 5.91 Å². The molecule has 6 heteroatoms. The lowest BCUT2D eigenvalue weighted by atomic mass is 10.1. The number of nitrogens with zero attached hydrogens (tertiary/aromatic N) is 2. The third kappa shape index (κ3) is 4.58. The Labute approximate surface area is 176 Å². The molecule has 1 amide bonds. The Kier molecular flexibility index (Phi) is 6.09. The first kappa shape index (κ1) is 19.8. The van der Waals surface area contributed by atoms with E-state index in [0.717, 1.165) is 41.2 Å². The van der Waals surface area contributed by atoms with Crippen molar-refractivity contribution in [3.63, 3.8) is 0 Å². The molecule has 29 heavy (non-hydrogen) atoms. The molecule has 2 aliphatic heterocycles. The molecule has 2 aromatic rings. The molecule has 0 saturated carbocycles. The number of thioether (sulfide) groups is 1. The van der Waals surface area contributed by atoms with E-state index in [1.807, 2.05) is 37.3 Å². The smallest absolute Gasteiger partial charge is 0.252 e. The van der Waals surface area contributed by atoms with E-state index in [2.05, 4.69) is 24.2 Å². The van der Waals surface area contributed by atoms with Gasteiger partial charge in [-0.25, -0.2) is 5.01 Å². The molecule has 5 nitrogen and oxygen atoms in total. The lowest BCUT2D eigenvalue weighted by Crippen LogP contribution is -2.25. The second-order valence-corrected chi connectivity index (χ2v) is 8.29. The van der Waals surface area contributed by atoms with Crippen molar-refractivity contribution < 1.29 is 14.3 Å². The van der Waals surface area contributed by atoms with E-state index in [-0.39, 0.29) is 12.0 Å². The first-order chi connectivity index (χ1) is 14.1. The van der Waals surface area contributed by atoms with Crippen molar-refractivity contribution in [3.05, 3.63) is 59.2 Å².